The number of hydrogen-bond acceptors (Lipinski definition) is 5. The molecule has 0 unspecified atom stereocenters. The highest BCUT2D eigenvalue weighted by Gasteiger charge is 2.37. The first-order valence-corrected chi connectivity index (χ1v) is 5.63. The first-order chi connectivity index (χ1) is 8.59. The average molecular weight is 252 g/mol. The Kier molecular flexibility index (Phi) is 2.30. The van der Waals surface area contributed by atoms with Crippen LogP contribution in [0.1, 0.15) is 10.5 Å². The van der Waals surface area contributed by atoms with Gasteiger partial charge in [-0.25, -0.2) is 0 Å². The maximum Gasteiger partial charge on any atom is 0.274 e. The molecule has 7 heteroatoms. The van der Waals surface area contributed by atoms with E-state index in [1.54, 1.807) is 4.90 Å². The van der Waals surface area contributed by atoms with Crippen molar-refractivity contribution in [3.8, 4) is 11.5 Å². The van der Waals surface area contributed by atoms with Gasteiger partial charge in [0.2, 0.25) is 0 Å². The molecule has 7 nitrogen and oxygen atoms in total. The van der Waals surface area contributed by atoms with Gasteiger partial charge in [0.25, 0.3) is 11.3 Å². The van der Waals surface area contributed by atoms with E-state index in [2.05, 4.69) is 0 Å². The number of carbonyl (C=O) groups excluding carboxylic acids is 1. The lowest BCUT2D eigenvalue weighted by Gasteiger charge is -2.40. The third-order valence-corrected chi connectivity index (χ3v) is 3.34. The third-order valence-electron chi connectivity index (χ3n) is 3.34. The average Bonchev–Trinajstić information content (AvgIpc) is 2.36. The predicted octanol–water partition coefficient (Wildman–Crippen LogP) is -0.886. The van der Waals surface area contributed by atoms with Gasteiger partial charge in [-0.3, -0.25) is 9.59 Å². The third kappa shape index (κ3) is 1.40. The summed E-state index contributed by atoms with van der Waals surface area (Å²) in [7, 11) is 0. The second-order valence-corrected chi connectivity index (χ2v) is 4.42. The summed E-state index contributed by atoms with van der Waals surface area (Å²) >= 11 is 0. The summed E-state index contributed by atoms with van der Waals surface area (Å²) in [5.41, 5.74) is -0.975. The Morgan fingerprint density at radius 3 is 2.89 bits per heavy atom. The molecule has 1 aromatic heterocycles. The summed E-state index contributed by atoms with van der Waals surface area (Å²) in [6.07, 6.45) is 1.18. The molecule has 2 N–H and O–H groups in total. The molecule has 3 rings (SSSR count). The van der Waals surface area contributed by atoms with Crippen LogP contribution in [0, 0.1) is 0 Å². The number of carbonyl (C=O) groups is 1. The smallest absolute Gasteiger partial charge is 0.274 e. The van der Waals surface area contributed by atoms with E-state index in [-0.39, 0.29) is 11.7 Å². The van der Waals surface area contributed by atoms with Crippen LogP contribution in [0.25, 0.3) is 0 Å². The van der Waals surface area contributed by atoms with Crippen molar-refractivity contribution < 1.29 is 19.7 Å². The molecule has 0 spiro atoms. The van der Waals surface area contributed by atoms with Crippen molar-refractivity contribution in [3.63, 3.8) is 0 Å². The second-order valence-electron chi connectivity index (χ2n) is 4.42. The van der Waals surface area contributed by atoms with Crippen LogP contribution in [0.4, 0.5) is 0 Å². The zero-order chi connectivity index (χ0) is 12.9. The van der Waals surface area contributed by atoms with Gasteiger partial charge in [-0.05, 0) is 0 Å². The van der Waals surface area contributed by atoms with Crippen LogP contribution in [-0.2, 0) is 11.3 Å². The molecular formula is C11H12N2O5. The number of morpholine rings is 1. The van der Waals surface area contributed by atoms with Gasteiger partial charge in [-0.1, -0.05) is 0 Å². The highest BCUT2D eigenvalue weighted by Crippen LogP contribution is 2.26. The van der Waals surface area contributed by atoms with Crippen molar-refractivity contribution in [1.29, 1.82) is 0 Å². The van der Waals surface area contributed by atoms with Crippen LogP contribution in [-0.4, -0.2) is 51.4 Å². The summed E-state index contributed by atoms with van der Waals surface area (Å²) in [5, 5.41) is 19.1. The van der Waals surface area contributed by atoms with Crippen LogP contribution < -0.4 is 5.43 Å². The molecule has 2 aliphatic rings. The van der Waals surface area contributed by atoms with Gasteiger partial charge >= 0.3 is 0 Å². The lowest BCUT2D eigenvalue weighted by Crippen LogP contribution is -2.54. The fourth-order valence-electron chi connectivity index (χ4n) is 2.44. The molecule has 0 bridgehead atoms. The summed E-state index contributed by atoms with van der Waals surface area (Å²) in [6, 6.07) is -0.125. The molecular weight excluding hydrogens is 240 g/mol. The fraction of sp³-hybridized carbons (Fsp3) is 0.455. The van der Waals surface area contributed by atoms with E-state index >= 15 is 0 Å². The number of rotatable bonds is 0. The maximum absolute atomic E-state index is 12.2. The van der Waals surface area contributed by atoms with Crippen molar-refractivity contribution in [3.05, 3.63) is 22.1 Å². The predicted molar refractivity (Wildman–Crippen MR) is 59.7 cm³/mol. The maximum atomic E-state index is 12.2. The monoisotopic (exact) mass is 252 g/mol. The lowest BCUT2D eigenvalue weighted by atomic mass is 10.1. The van der Waals surface area contributed by atoms with Gasteiger partial charge in [0.1, 0.15) is 0 Å². The molecule has 18 heavy (non-hydrogen) atoms. The number of aromatic hydroxyl groups is 2. The van der Waals surface area contributed by atoms with Crippen LogP contribution in [0.2, 0.25) is 0 Å². The Labute approximate surface area is 102 Å². The minimum Gasteiger partial charge on any atom is -0.503 e. The highest BCUT2D eigenvalue weighted by molar-refractivity contribution is 5.96. The van der Waals surface area contributed by atoms with Gasteiger partial charge in [-0.15, -0.1) is 0 Å². The number of fused-ring (bicyclic) bond motifs is 2. The van der Waals surface area contributed by atoms with Crippen LogP contribution in [0.5, 0.6) is 11.5 Å². The van der Waals surface area contributed by atoms with E-state index < -0.39 is 22.8 Å². The first kappa shape index (κ1) is 11.1. The standard InChI is InChI=1S/C11H12N2O5/c14-7-4-12-3-6-5-18-2-1-13(6)11(17)8(12)10(16)9(7)15/h4,6,14,16H,1-3,5H2/t6-/m1/s1. The molecule has 1 atom stereocenters. The van der Waals surface area contributed by atoms with Crippen molar-refractivity contribution >= 4 is 5.91 Å². The van der Waals surface area contributed by atoms with Gasteiger partial charge in [-0.2, -0.15) is 0 Å². The van der Waals surface area contributed by atoms with Crippen LogP contribution in [0.3, 0.4) is 0 Å². The van der Waals surface area contributed by atoms with Crippen molar-refractivity contribution in [2.75, 3.05) is 19.8 Å². The molecule has 0 aromatic carbocycles. The molecule has 1 amide bonds. The quantitative estimate of drug-likeness (QED) is 0.625. The Bertz CT molecular complexity index is 580. The van der Waals surface area contributed by atoms with Gasteiger partial charge in [0.15, 0.2) is 17.2 Å². The molecule has 1 fully saturated rings. The Balaban J connectivity index is 2.16. The topological polar surface area (TPSA) is 92.0 Å². The normalized spacial score (nSPS) is 22.6. The minimum atomic E-state index is -0.915. The molecule has 0 radical (unpaired) electrons. The van der Waals surface area contributed by atoms with E-state index in [1.807, 2.05) is 0 Å². The van der Waals surface area contributed by atoms with E-state index in [0.29, 0.717) is 26.3 Å². The number of nitrogens with zero attached hydrogens (tertiary/aromatic N) is 2. The van der Waals surface area contributed by atoms with Gasteiger partial charge in [0.05, 0.1) is 25.5 Å². The SMILES string of the molecule is O=C1c2c(O)c(=O)c(O)cn2C[C@@H]2COCCN12. The van der Waals surface area contributed by atoms with Gasteiger partial charge < -0.3 is 24.4 Å². The largest absolute Gasteiger partial charge is 0.503 e. The Morgan fingerprint density at radius 2 is 2.11 bits per heavy atom. The summed E-state index contributed by atoms with van der Waals surface area (Å²) in [4.78, 5) is 25.2. The number of pyridine rings is 1. The number of hydrogen-bond donors (Lipinski definition) is 2. The fourth-order valence-corrected chi connectivity index (χ4v) is 2.44. The molecule has 3 heterocycles. The minimum absolute atomic E-state index is 0.0593. The Morgan fingerprint density at radius 1 is 1.33 bits per heavy atom. The van der Waals surface area contributed by atoms with Crippen LogP contribution >= 0.6 is 0 Å². The molecule has 1 aromatic rings. The van der Waals surface area contributed by atoms with Crippen LogP contribution in [0.15, 0.2) is 11.0 Å². The van der Waals surface area contributed by atoms with E-state index in [4.69, 9.17) is 4.74 Å². The summed E-state index contributed by atoms with van der Waals surface area (Å²) in [6.45, 7) is 1.70. The second kappa shape index (κ2) is 3.74. The van der Waals surface area contributed by atoms with Crippen molar-refractivity contribution in [2.45, 2.75) is 12.6 Å². The number of ether oxygens (including phenoxy) is 1. The van der Waals surface area contributed by atoms with E-state index in [9.17, 15) is 19.8 Å². The van der Waals surface area contributed by atoms with Crippen molar-refractivity contribution in [1.82, 2.24) is 9.47 Å². The van der Waals surface area contributed by atoms with Crippen molar-refractivity contribution in [2.24, 2.45) is 0 Å². The zero-order valence-corrected chi connectivity index (χ0v) is 9.50. The first-order valence-electron chi connectivity index (χ1n) is 5.63. The zero-order valence-electron chi connectivity index (χ0n) is 9.50. The summed E-state index contributed by atoms with van der Waals surface area (Å²) in [5.74, 6) is -1.65. The van der Waals surface area contributed by atoms with Gasteiger partial charge in [0, 0.05) is 13.1 Å². The van der Waals surface area contributed by atoms with E-state index in [0.717, 1.165) is 0 Å². The Hall–Kier alpha value is -2.02. The number of aromatic nitrogens is 1. The highest BCUT2D eigenvalue weighted by atomic mass is 16.5. The molecule has 1 saturated heterocycles. The number of amides is 1. The summed E-state index contributed by atoms with van der Waals surface area (Å²) < 4.78 is 6.70. The van der Waals surface area contributed by atoms with E-state index in [1.165, 1.54) is 10.8 Å². The molecule has 2 aliphatic heterocycles. The molecule has 0 saturated carbocycles. The molecule has 0 aliphatic carbocycles. The molecule has 96 valence electrons. The lowest BCUT2D eigenvalue weighted by molar-refractivity contribution is -0.0141.